The highest BCUT2D eigenvalue weighted by Gasteiger charge is 2.19. The zero-order valence-corrected chi connectivity index (χ0v) is 12.3. The summed E-state index contributed by atoms with van der Waals surface area (Å²) in [4.78, 5) is 0. The molecule has 3 nitrogen and oxygen atoms in total. The molecule has 0 unspecified atom stereocenters. The minimum absolute atomic E-state index is 0. The molecule has 4 heteroatoms. The van der Waals surface area contributed by atoms with Crippen LogP contribution in [-0.4, -0.2) is 17.3 Å². The van der Waals surface area contributed by atoms with E-state index < -0.39 is 6.10 Å². The maximum absolute atomic E-state index is 9.91. The molecule has 1 aromatic carbocycles. The van der Waals surface area contributed by atoms with Crippen LogP contribution >= 0.6 is 12.4 Å². The van der Waals surface area contributed by atoms with Crippen LogP contribution in [0, 0.1) is 5.92 Å². The lowest BCUT2D eigenvalue weighted by atomic mass is 9.94. The van der Waals surface area contributed by atoms with Crippen molar-refractivity contribution in [2.75, 3.05) is 0 Å². The van der Waals surface area contributed by atoms with Crippen molar-refractivity contribution in [3.8, 4) is 5.75 Å². The number of hydrogen-bond acceptors (Lipinski definition) is 3. The van der Waals surface area contributed by atoms with Crippen LogP contribution in [0.5, 0.6) is 5.75 Å². The molecule has 2 atom stereocenters. The molecule has 104 valence electrons. The summed E-state index contributed by atoms with van der Waals surface area (Å²) in [5.74, 6) is 0.978. The molecule has 0 radical (unpaired) electrons. The van der Waals surface area contributed by atoms with E-state index in [-0.39, 0.29) is 30.5 Å². The first-order valence-electron chi connectivity index (χ1n) is 6.12. The fourth-order valence-corrected chi connectivity index (χ4v) is 1.65. The molecule has 0 spiro atoms. The first-order valence-corrected chi connectivity index (χ1v) is 6.12. The van der Waals surface area contributed by atoms with Gasteiger partial charge in [0.25, 0.3) is 0 Å². The van der Waals surface area contributed by atoms with Crippen molar-refractivity contribution in [1.29, 1.82) is 0 Å². The standard InChI is InChI=1S/C14H23NO2.ClH/c1-9(2)14(16)13(15)11-5-7-12(8-6-11)17-10(3)4;/h5-10,13-14,16H,15H2,1-4H3;1H/t13-,14+;/m0./s1. The quantitative estimate of drug-likeness (QED) is 0.867. The predicted molar refractivity (Wildman–Crippen MR) is 77.2 cm³/mol. The van der Waals surface area contributed by atoms with Crippen molar-refractivity contribution in [3.63, 3.8) is 0 Å². The van der Waals surface area contributed by atoms with Crippen LogP contribution in [0.1, 0.15) is 39.3 Å². The molecule has 0 saturated carbocycles. The summed E-state index contributed by atoms with van der Waals surface area (Å²) < 4.78 is 5.55. The van der Waals surface area contributed by atoms with Gasteiger partial charge in [0.05, 0.1) is 18.2 Å². The Balaban J connectivity index is 0.00000289. The van der Waals surface area contributed by atoms with Crippen LogP contribution in [0.15, 0.2) is 24.3 Å². The van der Waals surface area contributed by atoms with Gasteiger partial charge in [-0.25, -0.2) is 0 Å². The fourth-order valence-electron chi connectivity index (χ4n) is 1.65. The smallest absolute Gasteiger partial charge is 0.119 e. The van der Waals surface area contributed by atoms with Crippen LogP contribution in [0.2, 0.25) is 0 Å². The Kier molecular flexibility index (Phi) is 7.29. The van der Waals surface area contributed by atoms with Gasteiger partial charge < -0.3 is 15.6 Å². The van der Waals surface area contributed by atoms with Crippen molar-refractivity contribution < 1.29 is 9.84 Å². The van der Waals surface area contributed by atoms with Crippen molar-refractivity contribution in [1.82, 2.24) is 0 Å². The highest BCUT2D eigenvalue weighted by Crippen LogP contribution is 2.22. The first kappa shape index (κ1) is 17.2. The van der Waals surface area contributed by atoms with Crippen molar-refractivity contribution >= 4 is 12.4 Å². The van der Waals surface area contributed by atoms with Gasteiger partial charge in [-0.2, -0.15) is 0 Å². The summed E-state index contributed by atoms with van der Waals surface area (Å²) in [5, 5.41) is 9.91. The van der Waals surface area contributed by atoms with Crippen LogP contribution in [-0.2, 0) is 0 Å². The van der Waals surface area contributed by atoms with E-state index in [4.69, 9.17) is 10.5 Å². The molecule has 18 heavy (non-hydrogen) atoms. The normalized spacial score (nSPS) is 14.2. The van der Waals surface area contributed by atoms with Gasteiger partial charge in [0.2, 0.25) is 0 Å². The zero-order valence-electron chi connectivity index (χ0n) is 11.5. The number of ether oxygens (including phenoxy) is 1. The number of aliphatic hydroxyl groups is 1. The van der Waals surface area contributed by atoms with Crippen LogP contribution < -0.4 is 10.5 Å². The van der Waals surface area contributed by atoms with E-state index in [1.165, 1.54) is 0 Å². The molecule has 0 aliphatic carbocycles. The lowest BCUT2D eigenvalue weighted by Gasteiger charge is -2.22. The summed E-state index contributed by atoms with van der Waals surface area (Å²) in [6, 6.07) is 7.26. The molecule has 0 heterocycles. The monoisotopic (exact) mass is 273 g/mol. The molecule has 0 bridgehead atoms. The summed E-state index contributed by atoms with van der Waals surface area (Å²) in [6.45, 7) is 7.89. The predicted octanol–water partition coefficient (Wildman–Crippen LogP) is 2.91. The van der Waals surface area contributed by atoms with E-state index in [9.17, 15) is 5.11 Å². The maximum atomic E-state index is 9.91. The summed E-state index contributed by atoms with van der Waals surface area (Å²) in [7, 11) is 0. The second-order valence-electron chi connectivity index (χ2n) is 5.00. The number of halogens is 1. The SMILES string of the molecule is CC(C)Oc1ccc([C@H](N)[C@H](O)C(C)C)cc1.Cl. The van der Waals surface area contributed by atoms with Crippen molar-refractivity contribution in [2.24, 2.45) is 11.7 Å². The number of hydrogen-bond donors (Lipinski definition) is 2. The lowest BCUT2D eigenvalue weighted by Crippen LogP contribution is -2.30. The molecule has 0 fully saturated rings. The maximum Gasteiger partial charge on any atom is 0.119 e. The Labute approximate surface area is 116 Å². The van der Waals surface area contributed by atoms with Gasteiger partial charge >= 0.3 is 0 Å². The molecule has 0 aromatic heterocycles. The third kappa shape index (κ3) is 4.84. The Morgan fingerprint density at radius 3 is 1.94 bits per heavy atom. The molecular weight excluding hydrogens is 250 g/mol. The second-order valence-corrected chi connectivity index (χ2v) is 5.00. The molecule has 3 N–H and O–H groups in total. The Bertz CT molecular complexity index is 338. The van der Waals surface area contributed by atoms with Gasteiger partial charge in [-0.1, -0.05) is 26.0 Å². The molecule has 1 aromatic rings. The van der Waals surface area contributed by atoms with E-state index >= 15 is 0 Å². The number of benzene rings is 1. The average Bonchev–Trinajstić information content (AvgIpc) is 2.27. The number of rotatable bonds is 5. The molecule has 1 rings (SSSR count). The van der Waals surface area contributed by atoms with E-state index in [1.807, 2.05) is 52.0 Å². The summed E-state index contributed by atoms with van der Waals surface area (Å²) in [5.41, 5.74) is 6.93. The second kappa shape index (κ2) is 7.62. The van der Waals surface area contributed by atoms with E-state index in [1.54, 1.807) is 0 Å². The molecule has 0 amide bonds. The van der Waals surface area contributed by atoms with Gasteiger partial charge in [0, 0.05) is 0 Å². The fraction of sp³-hybridized carbons (Fsp3) is 0.571. The van der Waals surface area contributed by atoms with Crippen LogP contribution in [0.3, 0.4) is 0 Å². The third-order valence-electron chi connectivity index (χ3n) is 2.69. The van der Waals surface area contributed by atoms with Gasteiger partial charge in [-0.3, -0.25) is 0 Å². The molecule has 0 aliphatic heterocycles. The van der Waals surface area contributed by atoms with Crippen molar-refractivity contribution in [2.45, 2.75) is 45.9 Å². The van der Waals surface area contributed by atoms with Gasteiger partial charge in [0.15, 0.2) is 0 Å². The Morgan fingerprint density at radius 1 is 1.06 bits per heavy atom. The average molecular weight is 274 g/mol. The topological polar surface area (TPSA) is 55.5 Å². The van der Waals surface area contributed by atoms with Gasteiger partial charge in [0.1, 0.15) is 5.75 Å². The number of nitrogens with two attached hydrogens (primary N) is 1. The first-order chi connectivity index (χ1) is 7.91. The minimum Gasteiger partial charge on any atom is -0.491 e. The summed E-state index contributed by atoms with van der Waals surface area (Å²) >= 11 is 0. The molecule has 0 saturated heterocycles. The largest absolute Gasteiger partial charge is 0.491 e. The summed E-state index contributed by atoms with van der Waals surface area (Å²) in [6.07, 6.45) is -0.359. The van der Waals surface area contributed by atoms with E-state index in [0.29, 0.717) is 0 Å². The van der Waals surface area contributed by atoms with Crippen LogP contribution in [0.4, 0.5) is 0 Å². The van der Waals surface area contributed by atoms with Crippen molar-refractivity contribution in [3.05, 3.63) is 29.8 Å². The Morgan fingerprint density at radius 2 is 1.56 bits per heavy atom. The highest BCUT2D eigenvalue weighted by molar-refractivity contribution is 5.85. The minimum atomic E-state index is -0.521. The number of aliphatic hydroxyl groups excluding tert-OH is 1. The molecule has 0 aliphatic rings. The lowest BCUT2D eigenvalue weighted by molar-refractivity contribution is 0.0979. The highest BCUT2D eigenvalue weighted by atomic mass is 35.5. The van der Waals surface area contributed by atoms with Crippen LogP contribution in [0.25, 0.3) is 0 Å². The van der Waals surface area contributed by atoms with E-state index in [0.717, 1.165) is 11.3 Å². The Hall–Kier alpha value is -0.770. The van der Waals surface area contributed by atoms with E-state index in [2.05, 4.69) is 0 Å². The van der Waals surface area contributed by atoms with Gasteiger partial charge in [-0.05, 0) is 37.5 Å². The zero-order chi connectivity index (χ0) is 13.0. The molecular formula is C14H24ClNO2. The van der Waals surface area contributed by atoms with Gasteiger partial charge in [-0.15, -0.1) is 12.4 Å². The third-order valence-corrected chi connectivity index (χ3v) is 2.69.